The van der Waals surface area contributed by atoms with Crippen LogP contribution in [0.1, 0.15) is 12.0 Å². The molecular formula is C17H14ClN3O4. The van der Waals surface area contributed by atoms with Crippen molar-refractivity contribution in [3.8, 4) is 0 Å². The molecule has 0 unspecified atom stereocenters. The van der Waals surface area contributed by atoms with Gasteiger partial charge in [-0.1, -0.05) is 29.8 Å². The summed E-state index contributed by atoms with van der Waals surface area (Å²) in [6.45, 7) is 0.00710. The Kier molecular flexibility index (Phi) is 4.95. The smallest absolute Gasteiger partial charge is 0.308 e. The number of hydrogen-bond acceptors (Lipinski definition) is 5. The largest absolute Gasteiger partial charge is 0.461 e. The standard InChI is InChI=1S/C17H14ClN3O4/c18-17-12(9-11-3-1-2-4-13(11)19-17)10-25-16(24)7-8-21-15(23)6-5-14(22)20-21/h1-6,9H,7-8,10H2,(H,20,22). The number of fused-ring (bicyclic) bond motifs is 1. The Hall–Kier alpha value is -2.93. The first-order valence-corrected chi connectivity index (χ1v) is 7.91. The highest BCUT2D eigenvalue weighted by Crippen LogP contribution is 2.21. The summed E-state index contributed by atoms with van der Waals surface area (Å²) in [4.78, 5) is 38.9. The lowest BCUT2D eigenvalue weighted by molar-refractivity contribution is -0.145. The Morgan fingerprint density at radius 2 is 2.00 bits per heavy atom. The van der Waals surface area contributed by atoms with E-state index in [2.05, 4.69) is 10.1 Å². The Bertz CT molecular complexity index is 1040. The number of aryl methyl sites for hydroxylation is 1. The van der Waals surface area contributed by atoms with Crippen molar-refractivity contribution in [2.24, 2.45) is 0 Å². The molecule has 0 bridgehead atoms. The average molecular weight is 360 g/mol. The SMILES string of the molecule is O=C(CCn1[nH]c(=O)ccc1=O)OCc1cc2ccccc2nc1Cl. The van der Waals surface area contributed by atoms with Gasteiger partial charge in [-0.15, -0.1) is 0 Å². The van der Waals surface area contributed by atoms with Crippen molar-refractivity contribution in [1.29, 1.82) is 0 Å². The molecule has 0 aliphatic carbocycles. The fourth-order valence-corrected chi connectivity index (χ4v) is 2.50. The van der Waals surface area contributed by atoms with Crippen molar-refractivity contribution in [3.63, 3.8) is 0 Å². The Morgan fingerprint density at radius 1 is 1.20 bits per heavy atom. The second-order valence-electron chi connectivity index (χ2n) is 5.34. The first-order valence-electron chi connectivity index (χ1n) is 7.53. The molecule has 3 rings (SSSR count). The summed E-state index contributed by atoms with van der Waals surface area (Å²) in [6, 6.07) is 11.6. The molecule has 0 saturated carbocycles. The molecule has 0 radical (unpaired) electrons. The number of pyridine rings is 1. The van der Waals surface area contributed by atoms with Gasteiger partial charge in [0.2, 0.25) is 0 Å². The highest BCUT2D eigenvalue weighted by atomic mass is 35.5. The highest BCUT2D eigenvalue weighted by molar-refractivity contribution is 6.30. The van der Waals surface area contributed by atoms with Gasteiger partial charge in [-0.05, 0) is 12.1 Å². The van der Waals surface area contributed by atoms with Crippen molar-refractivity contribution in [1.82, 2.24) is 14.8 Å². The zero-order valence-electron chi connectivity index (χ0n) is 13.1. The number of nitrogens with one attached hydrogen (secondary N) is 1. The van der Waals surface area contributed by atoms with Crippen molar-refractivity contribution in [2.45, 2.75) is 19.6 Å². The summed E-state index contributed by atoms with van der Waals surface area (Å²) < 4.78 is 6.24. The molecule has 0 aliphatic rings. The first kappa shape index (κ1) is 16.9. The number of rotatable bonds is 5. The van der Waals surface area contributed by atoms with Gasteiger partial charge in [0.25, 0.3) is 11.1 Å². The van der Waals surface area contributed by atoms with Crippen molar-refractivity contribution >= 4 is 28.5 Å². The molecule has 0 amide bonds. The number of esters is 1. The molecule has 0 aliphatic heterocycles. The van der Waals surface area contributed by atoms with Gasteiger partial charge in [-0.2, -0.15) is 0 Å². The van der Waals surface area contributed by atoms with E-state index in [9.17, 15) is 14.4 Å². The number of benzene rings is 1. The van der Waals surface area contributed by atoms with Crippen LogP contribution in [0.25, 0.3) is 10.9 Å². The van der Waals surface area contributed by atoms with E-state index in [0.29, 0.717) is 5.56 Å². The van der Waals surface area contributed by atoms with Crippen molar-refractivity contribution in [3.05, 3.63) is 73.9 Å². The van der Waals surface area contributed by atoms with Gasteiger partial charge in [-0.3, -0.25) is 19.5 Å². The lowest BCUT2D eigenvalue weighted by Gasteiger charge is -2.08. The summed E-state index contributed by atoms with van der Waals surface area (Å²) in [5.41, 5.74) is 0.546. The van der Waals surface area contributed by atoms with E-state index in [1.165, 1.54) is 0 Å². The molecule has 3 aromatic rings. The topological polar surface area (TPSA) is 94.1 Å². The molecule has 1 aromatic carbocycles. The number of para-hydroxylation sites is 1. The van der Waals surface area contributed by atoms with E-state index in [1.54, 1.807) is 0 Å². The van der Waals surface area contributed by atoms with Gasteiger partial charge in [0.1, 0.15) is 11.8 Å². The zero-order chi connectivity index (χ0) is 17.8. The summed E-state index contributed by atoms with van der Waals surface area (Å²) in [6.07, 6.45) is -0.0571. The molecule has 0 atom stereocenters. The van der Waals surface area contributed by atoms with Crippen LogP contribution in [0.3, 0.4) is 0 Å². The Morgan fingerprint density at radius 3 is 2.84 bits per heavy atom. The van der Waals surface area contributed by atoms with Crippen LogP contribution in [0.4, 0.5) is 0 Å². The average Bonchev–Trinajstić information content (AvgIpc) is 2.60. The normalized spacial score (nSPS) is 10.8. The molecular weight excluding hydrogens is 346 g/mol. The molecule has 2 aromatic heterocycles. The van der Waals surface area contributed by atoms with Gasteiger partial charge in [-0.25, -0.2) is 9.67 Å². The lowest BCUT2D eigenvalue weighted by atomic mass is 10.2. The van der Waals surface area contributed by atoms with Crippen LogP contribution < -0.4 is 11.1 Å². The van der Waals surface area contributed by atoms with E-state index in [0.717, 1.165) is 27.7 Å². The third-order valence-corrected chi connectivity index (χ3v) is 3.89. The number of halogens is 1. The maximum atomic E-state index is 11.9. The predicted octanol–water partition coefficient (Wildman–Crippen LogP) is 1.87. The fraction of sp³-hybridized carbons (Fsp3) is 0.176. The Labute approximate surface area is 146 Å². The summed E-state index contributed by atoms with van der Waals surface area (Å²) in [5.74, 6) is -0.513. The van der Waals surface area contributed by atoms with E-state index >= 15 is 0 Å². The number of carbonyl (C=O) groups excluding carboxylic acids is 1. The minimum Gasteiger partial charge on any atom is -0.461 e. The van der Waals surface area contributed by atoms with Gasteiger partial charge in [0.05, 0.1) is 18.5 Å². The number of hydrogen-bond donors (Lipinski definition) is 1. The van der Waals surface area contributed by atoms with Gasteiger partial charge < -0.3 is 4.74 Å². The lowest BCUT2D eigenvalue weighted by Crippen LogP contribution is -2.29. The van der Waals surface area contributed by atoms with E-state index in [1.807, 2.05) is 30.3 Å². The maximum Gasteiger partial charge on any atom is 0.308 e. The number of nitrogens with zero attached hydrogens (tertiary/aromatic N) is 2. The second-order valence-corrected chi connectivity index (χ2v) is 5.70. The molecule has 8 heteroatoms. The van der Waals surface area contributed by atoms with Crippen molar-refractivity contribution in [2.75, 3.05) is 0 Å². The molecule has 128 valence electrons. The fourth-order valence-electron chi connectivity index (χ4n) is 2.30. The second kappa shape index (κ2) is 7.31. The summed E-state index contributed by atoms with van der Waals surface area (Å²) in [5, 5.41) is 3.51. The van der Waals surface area contributed by atoms with Gasteiger partial charge >= 0.3 is 5.97 Å². The van der Waals surface area contributed by atoms with Gasteiger partial charge in [0, 0.05) is 23.1 Å². The molecule has 7 nitrogen and oxygen atoms in total. The van der Waals surface area contributed by atoms with Crippen molar-refractivity contribution < 1.29 is 9.53 Å². The minimum atomic E-state index is -0.513. The predicted molar refractivity (Wildman–Crippen MR) is 92.5 cm³/mol. The summed E-state index contributed by atoms with van der Waals surface area (Å²) in [7, 11) is 0. The van der Waals surface area contributed by atoms with Crippen LogP contribution in [0.2, 0.25) is 5.15 Å². The maximum absolute atomic E-state index is 11.9. The third kappa shape index (κ3) is 4.13. The third-order valence-electron chi connectivity index (χ3n) is 3.57. The van der Waals surface area contributed by atoms with E-state index in [-0.39, 0.29) is 24.7 Å². The monoisotopic (exact) mass is 359 g/mol. The molecule has 0 fully saturated rings. The quantitative estimate of drug-likeness (QED) is 0.554. The first-order chi connectivity index (χ1) is 12.0. The molecule has 0 saturated heterocycles. The number of aromatic nitrogens is 3. The van der Waals surface area contributed by atoms with Crippen LogP contribution in [0.15, 0.2) is 52.1 Å². The van der Waals surface area contributed by atoms with E-state index in [4.69, 9.17) is 16.3 Å². The molecule has 25 heavy (non-hydrogen) atoms. The molecule has 0 spiro atoms. The van der Waals surface area contributed by atoms with Crippen LogP contribution in [-0.4, -0.2) is 20.7 Å². The summed E-state index contributed by atoms with van der Waals surface area (Å²) >= 11 is 6.11. The molecule has 1 N–H and O–H groups in total. The van der Waals surface area contributed by atoms with Crippen LogP contribution >= 0.6 is 11.6 Å². The minimum absolute atomic E-state index is 0.0181. The number of ether oxygens (including phenoxy) is 1. The van der Waals surface area contributed by atoms with Crippen LogP contribution in [-0.2, 0) is 22.7 Å². The molecule has 2 heterocycles. The number of H-pyrrole nitrogens is 1. The number of aromatic amines is 1. The van der Waals surface area contributed by atoms with Crippen LogP contribution in [0, 0.1) is 0 Å². The Balaban J connectivity index is 1.62. The zero-order valence-corrected chi connectivity index (χ0v) is 13.8. The van der Waals surface area contributed by atoms with Crippen LogP contribution in [0.5, 0.6) is 0 Å². The number of carbonyl (C=O) groups is 1. The van der Waals surface area contributed by atoms with Gasteiger partial charge in [0.15, 0.2) is 0 Å². The highest BCUT2D eigenvalue weighted by Gasteiger charge is 2.09. The van der Waals surface area contributed by atoms with E-state index < -0.39 is 17.1 Å².